The van der Waals surface area contributed by atoms with Crippen LogP contribution in [0.2, 0.25) is 0 Å². The third-order valence-electron chi connectivity index (χ3n) is 4.73. The maximum atomic E-state index is 10.9. The van der Waals surface area contributed by atoms with Crippen LogP contribution in [0.5, 0.6) is 5.75 Å². The van der Waals surface area contributed by atoms with Crippen LogP contribution in [0, 0.1) is 11.8 Å². The molecule has 1 aliphatic rings. The predicted molar refractivity (Wildman–Crippen MR) is 82.2 cm³/mol. The molecule has 116 valence electrons. The molecule has 1 aromatic carbocycles. The number of carboxylic acid groups (broad SMARTS) is 1. The molecule has 1 aromatic rings. The van der Waals surface area contributed by atoms with Gasteiger partial charge in [-0.3, -0.25) is 9.69 Å². The molecule has 0 amide bonds. The summed E-state index contributed by atoms with van der Waals surface area (Å²) in [5.74, 6) is 0.240. The number of hydrogen-bond donors (Lipinski definition) is 2. The van der Waals surface area contributed by atoms with Crippen molar-refractivity contribution in [3.8, 4) is 5.75 Å². The third-order valence-corrected chi connectivity index (χ3v) is 4.73. The minimum Gasteiger partial charge on any atom is -0.508 e. The lowest BCUT2D eigenvalue weighted by Crippen LogP contribution is -2.39. The Morgan fingerprint density at radius 2 is 2.10 bits per heavy atom. The largest absolute Gasteiger partial charge is 0.508 e. The second-order valence-corrected chi connectivity index (χ2v) is 6.21. The maximum absolute atomic E-state index is 10.9. The molecule has 0 saturated carbocycles. The van der Waals surface area contributed by atoms with Crippen LogP contribution in [0.15, 0.2) is 24.3 Å². The first-order valence-corrected chi connectivity index (χ1v) is 7.72. The molecule has 1 fully saturated rings. The fourth-order valence-electron chi connectivity index (χ4n) is 3.34. The summed E-state index contributed by atoms with van der Waals surface area (Å²) in [6.45, 7) is 6.06. The molecule has 0 aliphatic carbocycles. The van der Waals surface area contributed by atoms with Crippen molar-refractivity contribution < 1.29 is 15.0 Å². The van der Waals surface area contributed by atoms with Crippen molar-refractivity contribution in [2.24, 2.45) is 11.8 Å². The van der Waals surface area contributed by atoms with Gasteiger partial charge in [0.05, 0.1) is 0 Å². The fourth-order valence-corrected chi connectivity index (χ4v) is 3.34. The van der Waals surface area contributed by atoms with Gasteiger partial charge in [-0.1, -0.05) is 25.1 Å². The average molecular weight is 291 g/mol. The predicted octanol–water partition coefficient (Wildman–Crippen LogP) is 3.28. The van der Waals surface area contributed by atoms with Crippen molar-refractivity contribution in [1.82, 2.24) is 4.90 Å². The van der Waals surface area contributed by atoms with Crippen molar-refractivity contribution in [3.63, 3.8) is 0 Å². The Morgan fingerprint density at radius 1 is 1.38 bits per heavy atom. The molecule has 0 radical (unpaired) electrons. The van der Waals surface area contributed by atoms with Gasteiger partial charge < -0.3 is 10.2 Å². The smallest absolute Gasteiger partial charge is 0.303 e. The van der Waals surface area contributed by atoms with Crippen molar-refractivity contribution in [3.05, 3.63) is 29.8 Å². The minimum absolute atomic E-state index is 0.158. The first-order valence-electron chi connectivity index (χ1n) is 7.72. The van der Waals surface area contributed by atoms with Gasteiger partial charge >= 0.3 is 5.97 Å². The Balaban J connectivity index is 2.03. The van der Waals surface area contributed by atoms with E-state index < -0.39 is 5.97 Å². The summed E-state index contributed by atoms with van der Waals surface area (Å²) in [5, 5.41) is 19.0. The Morgan fingerprint density at radius 3 is 2.76 bits per heavy atom. The number of nitrogens with zero attached hydrogens (tertiary/aromatic N) is 1. The number of phenols is 1. The zero-order chi connectivity index (χ0) is 15.4. The lowest BCUT2D eigenvalue weighted by molar-refractivity contribution is -0.138. The fraction of sp³-hybridized carbons (Fsp3) is 0.588. The highest BCUT2D eigenvalue weighted by molar-refractivity contribution is 5.67. The second kappa shape index (κ2) is 6.94. The molecule has 0 aromatic heterocycles. The molecule has 0 spiro atoms. The van der Waals surface area contributed by atoms with Crippen molar-refractivity contribution in [2.45, 2.75) is 39.2 Å². The zero-order valence-electron chi connectivity index (χ0n) is 12.8. The van der Waals surface area contributed by atoms with E-state index in [0.717, 1.165) is 31.5 Å². The summed E-state index contributed by atoms with van der Waals surface area (Å²) in [6.07, 6.45) is 2.43. The molecule has 4 heteroatoms. The highest BCUT2D eigenvalue weighted by atomic mass is 16.4. The molecule has 1 aliphatic heterocycles. The highest BCUT2D eigenvalue weighted by Gasteiger charge is 2.29. The third kappa shape index (κ3) is 3.97. The van der Waals surface area contributed by atoms with Gasteiger partial charge in [-0.2, -0.15) is 0 Å². The van der Waals surface area contributed by atoms with Gasteiger partial charge in [0.2, 0.25) is 0 Å². The minimum atomic E-state index is -0.714. The van der Waals surface area contributed by atoms with E-state index >= 15 is 0 Å². The molecule has 3 unspecified atom stereocenters. The molecule has 2 N–H and O–H groups in total. The summed E-state index contributed by atoms with van der Waals surface area (Å²) in [7, 11) is 0. The van der Waals surface area contributed by atoms with Crippen molar-refractivity contribution in [2.75, 3.05) is 13.1 Å². The zero-order valence-corrected chi connectivity index (χ0v) is 12.8. The van der Waals surface area contributed by atoms with E-state index in [0.29, 0.717) is 11.7 Å². The maximum Gasteiger partial charge on any atom is 0.303 e. The second-order valence-electron chi connectivity index (χ2n) is 6.21. The summed E-state index contributed by atoms with van der Waals surface area (Å²) < 4.78 is 0. The van der Waals surface area contributed by atoms with Gasteiger partial charge in [0, 0.05) is 24.6 Å². The number of benzene rings is 1. The monoisotopic (exact) mass is 291 g/mol. The van der Waals surface area contributed by atoms with E-state index in [9.17, 15) is 9.90 Å². The van der Waals surface area contributed by atoms with Crippen LogP contribution >= 0.6 is 0 Å². The SMILES string of the molecule is CC(CC(=O)O)C1CCCN(C(C)c2ccccc2O)C1. The van der Waals surface area contributed by atoms with Gasteiger partial charge in [-0.25, -0.2) is 0 Å². The highest BCUT2D eigenvalue weighted by Crippen LogP contribution is 2.33. The number of aromatic hydroxyl groups is 1. The molecule has 2 rings (SSSR count). The topological polar surface area (TPSA) is 60.8 Å². The van der Waals surface area contributed by atoms with Gasteiger partial charge in [0.15, 0.2) is 0 Å². The first-order chi connectivity index (χ1) is 9.99. The Bertz CT molecular complexity index is 489. The van der Waals surface area contributed by atoms with Gasteiger partial charge in [-0.05, 0) is 44.2 Å². The van der Waals surface area contributed by atoms with Crippen LogP contribution in [0.3, 0.4) is 0 Å². The number of carboxylic acids is 1. The summed E-state index contributed by atoms with van der Waals surface area (Å²) in [6, 6.07) is 7.62. The molecular formula is C17H25NO3. The molecule has 1 heterocycles. The number of carbonyl (C=O) groups is 1. The molecule has 1 saturated heterocycles. The first kappa shape index (κ1) is 15.8. The summed E-state index contributed by atoms with van der Waals surface area (Å²) >= 11 is 0. The van der Waals surface area contributed by atoms with Crippen LogP contribution in [-0.2, 0) is 4.79 Å². The molecule has 21 heavy (non-hydrogen) atoms. The number of hydrogen-bond acceptors (Lipinski definition) is 3. The van der Waals surface area contributed by atoms with E-state index in [1.165, 1.54) is 0 Å². The van der Waals surface area contributed by atoms with Crippen molar-refractivity contribution >= 4 is 5.97 Å². The number of rotatable bonds is 5. The number of aliphatic carboxylic acids is 1. The van der Waals surface area contributed by atoms with Crippen LogP contribution in [0.1, 0.15) is 44.7 Å². The molecule has 3 atom stereocenters. The number of phenolic OH excluding ortho intramolecular Hbond substituents is 1. The number of piperidine rings is 1. The van der Waals surface area contributed by atoms with Crippen LogP contribution in [0.4, 0.5) is 0 Å². The van der Waals surface area contributed by atoms with E-state index in [4.69, 9.17) is 5.11 Å². The Hall–Kier alpha value is -1.55. The summed E-state index contributed by atoms with van der Waals surface area (Å²) in [5.41, 5.74) is 0.948. The average Bonchev–Trinajstić information content (AvgIpc) is 2.46. The van der Waals surface area contributed by atoms with Crippen LogP contribution in [-0.4, -0.2) is 34.2 Å². The quantitative estimate of drug-likeness (QED) is 0.874. The molecule has 4 nitrogen and oxygen atoms in total. The Kier molecular flexibility index (Phi) is 5.23. The van der Waals surface area contributed by atoms with E-state index in [-0.39, 0.29) is 18.4 Å². The van der Waals surface area contributed by atoms with Gasteiger partial charge in [0.1, 0.15) is 5.75 Å². The normalized spacial score (nSPS) is 22.7. The van der Waals surface area contributed by atoms with E-state index in [1.807, 2.05) is 25.1 Å². The van der Waals surface area contributed by atoms with E-state index in [1.54, 1.807) is 6.07 Å². The lowest BCUT2D eigenvalue weighted by Gasteiger charge is -2.39. The molecular weight excluding hydrogens is 266 g/mol. The van der Waals surface area contributed by atoms with Gasteiger partial charge in [-0.15, -0.1) is 0 Å². The van der Waals surface area contributed by atoms with Crippen LogP contribution in [0.25, 0.3) is 0 Å². The van der Waals surface area contributed by atoms with Crippen LogP contribution < -0.4 is 0 Å². The standard InChI is InChI=1S/C17H25NO3/c1-12(10-17(20)21)14-6-5-9-18(11-14)13(2)15-7-3-4-8-16(15)19/h3-4,7-8,12-14,19H,5-6,9-11H2,1-2H3,(H,20,21). The Labute approximate surface area is 126 Å². The number of likely N-dealkylation sites (tertiary alicyclic amines) is 1. The van der Waals surface area contributed by atoms with Gasteiger partial charge in [0.25, 0.3) is 0 Å². The van der Waals surface area contributed by atoms with E-state index in [2.05, 4.69) is 11.8 Å². The number of para-hydroxylation sites is 1. The van der Waals surface area contributed by atoms with Crippen molar-refractivity contribution in [1.29, 1.82) is 0 Å². The summed E-state index contributed by atoms with van der Waals surface area (Å²) in [4.78, 5) is 13.2. The molecule has 0 bridgehead atoms. The lowest BCUT2D eigenvalue weighted by atomic mass is 9.84.